The van der Waals surface area contributed by atoms with Crippen molar-refractivity contribution in [3.05, 3.63) is 90.5 Å². The topological polar surface area (TPSA) is 125 Å². The molecule has 10 nitrogen and oxygen atoms in total. The van der Waals surface area contributed by atoms with Crippen molar-refractivity contribution in [1.82, 2.24) is 10.2 Å². The SMILES string of the molecule is C=CCCC(=O)OC[C@H](NC(=O)[C@H]1[C@@H]2O[C@@]3(CC2Br)[C@@H]1C(=O)N([C@@H](CO)CC(C)C)[C@@H]3C(=O)N(CC=C)c1ccc(Cl)cc1)c1ccccc1. The summed E-state index contributed by atoms with van der Waals surface area (Å²) in [6, 6.07) is 13.4. The number of rotatable bonds is 16. The van der Waals surface area contributed by atoms with Gasteiger partial charge in [0.1, 0.15) is 18.2 Å². The molecule has 0 radical (unpaired) electrons. The Balaban J connectivity index is 1.53. The zero-order chi connectivity index (χ0) is 36.2. The van der Waals surface area contributed by atoms with E-state index in [1.807, 2.05) is 44.2 Å². The van der Waals surface area contributed by atoms with Crippen molar-refractivity contribution in [2.24, 2.45) is 17.8 Å². The average Bonchev–Trinajstić information content (AvgIpc) is 3.70. The maximum Gasteiger partial charge on any atom is 0.306 e. The highest BCUT2D eigenvalue weighted by Gasteiger charge is 2.77. The molecular formula is C38H45BrClN3O7. The molecule has 3 amide bonds. The van der Waals surface area contributed by atoms with Gasteiger partial charge in [-0.05, 0) is 55.0 Å². The van der Waals surface area contributed by atoms with Crippen LogP contribution in [0.4, 0.5) is 5.69 Å². The first kappa shape index (κ1) is 37.7. The summed E-state index contributed by atoms with van der Waals surface area (Å²) < 4.78 is 12.3. The number of anilines is 1. The molecule has 3 fully saturated rings. The Kier molecular flexibility index (Phi) is 12.2. The van der Waals surface area contributed by atoms with Crippen molar-refractivity contribution in [1.29, 1.82) is 0 Å². The van der Waals surface area contributed by atoms with Crippen molar-refractivity contribution >= 4 is 56.9 Å². The highest BCUT2D eigenvalue weighted by atomic mass is 79.9. The molecule has 0 aromatic heterocycles. The van der Waals surface area contributed by atoms with Gasteiger partial charge in [-0.25, -0.2) is 0 Å². The van der Waals surface area contributed by atoms with Gasteiger partial charge in [0, 0.05) is 28.5 Å². The third-order valence-corrected chi connectivity index (χ3v) is 10.9. The largest absolute Gasteiger partial charge is 0.463 e. The van der Waals surface area contributed by atoms with Crippen LogP contribution >= 0.6 is 27.5 Å². The van der Waals surface area contributed by atoms with Crippen LogP contribution < -0.4 is 10.2 Å². The predicted molar refractivity (Wildman–Crippen MR) is 195 cm³/mol. The van der Waals surface area contributed by atoms with E-state index in [2.05, 4.69) is 34.4 Å². The summed E-state index contributed by atoms with van der Waals surface area (Å²) in [4.78, 5) is 59.2. The lowest BCUT2D eigenvalue weighted by Crippen LogP contribution is -2.59. The number of amides is 3. The number of nitrogens with zero attached hydrogens (tertiary/aromatic N) is 2. The monoisotopic (exact) mass is 769 g/mol. The van der Waals surface area contributed by atoms with E-state index >= 15 is 0 Å². The van der Waals surface area contributed by atoms with Gasteiger partial charge in [0.05, 0.1) is 36.6 Å². The molecule has 3 aliphatic rings. The lowest BCUT2D eigenvalue weighted by molar-refractivity contribution is -0.146. The first-order valence-corrected chi connectivity index (χ1v) is 18.3. The second-order valence-electron chi connectivity index (χ2n) is 13.6. The number of benzene rings is 2. The van der Waals surface area contributed by atoms with Gasteiger partial charge in [-0.2, -0.15) is 0 Å². The van der Waals surface area contributed by atoms with Crippen molar-refractivity contribution < 1.29 is 33.8 Å². The van der Waals surface area contributed by atoms with E-state index in [1.165, 1.54) is 9.80 Å². The molecule has 268 valence electrons. The zero-order valence-corrected chi connectivity index (χ0v) is 30.7. The van der Waals surface area contributed by atoms with E-state index < -0.39 is 65.4 Å². The molecule has 8 atom stereocenters. The second-order valence-corrected chi connectivity index (χ2v) is 15.2. The molecular weight excluding hydrogens is 726 g/mol. The molecule has 1 spiro atoms. The highest BCUT2D eigenvalue weighted by Crippen LogP contribution is 2.61. The summed E-state index contributed by atoms with van der Waals surface area (Å²) in [5, 5.41) is 14.2. The lowest BCUT2D eigenvalue weighted by atomic mass is 9.70. The molecule has 0 aliphatic carbocycles. The summed E-state index contributed by atoms with van der Waals surface area (Å²) in [5.74, 6) is -3.56. The molecule has 0 saturated carbocycles. The number of likely N-dealkylation sites (tertiary alicyclic amines) is 1. The van der Waals surface area contributed by atoms with E-state index in [9.17, 15) is 24.3 Å². The Hall–Kier alpha value is -3.51. The summed E-state index contributed by atoms with van der Waals surface area (Å²) in [6.45, 7) is 11.1. The fourth-order valence-corrected chi connectivity index (χ4v) is 8.79. The number of carbonyl (C=O) groups excluding carboxylic acids is 4. The van der Waals surface area contributed by atoms with E-state index in [4.69, 9.17) is 21.1 Å². The zero-order valence-electron chi connectivity index (χ0n) is 28.4. The molecule has 3 heterocycles. The second kappa shape index (κ2) is 16.2. The maximum atomic E-state index is 14.9. The minimum absolute atomic E-state index is 0.0928. The van der Waals surface area contributed by atoms with Crippen LogP contribution in [-0.4, -0.2) is 82.1 Å². The quantitative estimate of drug-likeness (QED) is 0.134. The fourth-order valence-electron chi connectivity index (χ4n) is 7.72. The molecule has 3 aliphatic heterocycles. The van der Waals surface area contributed by atoms with Gasteiger partial charge in [0.25, 0.3) is 5.91 Å². The number of ether oxygens (including phenoxy) is 2. The standard InChI is InChI=1S/C38H45BrClN3O7/c1-5-7-13-30(45)49-22-29(24-11-9-8-10-12-24)41-35(46)31-32-36(47)43(27(21-44)19-23(3)4)34(38(32)20-28(39)33(31)50-38)37(48)42(18-6-2)26-16-14-25(40)15-17-26/h5-6,8-12,14-17,23,27-29,31-34,44H,1-2,7,13,18-22H2,3-4H3,(H,41,46)/t27-,28?,29+,31-,32+,33-,34-,38+/m1/s1. The fraction of sp³-hybridized carbons (Fsp3) is 0.474. The van der Waals surface area contributed by atoms with Gasteiger partial charge in [0.2, 0.25) is 11.8 Å². The van der Waals surface area contributed by atoms with Gasteiger partial charge in [0.15, 0.2) is 0 Å². The number of hydrogen-bond acceptors (Lipinski definition) is 7. The highest BCUT2D eigenvalue weighted by molar-refractivity contribution is 9.09. The smallest absolute Gasteiger partial charge is 0.306 e. The predicted octanol–water partition coefficient (Wildman–Crippen LogP) is 5.38. The third-order valence-electron chi connectivity index (χ3n) is 9.81. The van der Waals surface area contributed by atoms with Gasteiger partial charge in [-0.1, -0.05) is 83.9 Å². The van der Waals surface area contributed by atoms with E-state index in [0.717, 1.165) is 5.56 Å². The minimum atomic E-state index is -1.36. The summed E-state index contributed by atoms with van der Waals surface area (Å²) in [5.41, 5.74) is -0.0780. The van der Waals surface area contributed by atoms with E-state index in [0.29, 0.717) is 30.0 Å². The number of allylic oxidation sites excluding steroid dienone is 1. The van der Waals surface area contributed by atoms with Crippen LogP contribution in [0, 0.1) is 17.8 Å². The van der Waals surface area contributed by atoms with Gasteiger partial charge < -0.3 is 29.7 Å². The van der Waals surface area contributed by atoms with Crippen LogP contribution in [0.2, 0.25) is 5.02 Å². The number of carbonyl (C=O) groups is 4. The Morgan fingerprint density at radius 3 is 2.48 bits per heavy atom. The number of esters is 1. The summed E-state index contributed by atoms with van der Waals surface area (Å²) >= 11 is 9.91. The average molecular weight is 771 g/mol. The Bertz CT molecular complexity index is 1570. The van der Waals surface area contributed by atoms with E-state index in [1.54, 1.807) is 36.4 Å². The first-order valence-electron chi connectivity index (χ1n) is 17.0. The molecule has 2 N–H and O–H groups in total. The van der Waals surface area contributed by atoms with Gasteiger partial charge >= 0.3 is 5.97 Å². The molecule has 1 unspecified atom stereocenters. The molecule has 50 heavy (non-hydrogen) atoms. The molecule has 3 saturated heterocycles. The van der Waals surface area contributed by atoms with Crippen molar-refractivity contribution in [3.63, 3.8) is 0 Å². The van der Waals surface area contributed by atoms with Crippen LogP contribution in [0.3, 0.4) is 0 Å². The van der Waals surface area contributed by atoms with Crippen LogP contribution in [-0.2, 0) is 28.7 Å². The number of nitrogens with one attached hydrogen (secondary N) is 1. The normalized spacial score (nSPS) is 26.3. The number of aliphatic hydroxyl groups is 1. The van der Waals surface area contributed by atoms with Crippen molar-refractivity contribution in [2.75, 3.05) is 24.7 Å². The summed E-state index contributed by atoms with van der Waals surface area (Å²) in [6.07, 6.45) is 3.88. The number of aliphatic hydroxyl groups excluding tert-OH is 1. The molecule has 2 aromatic carbocycles. The molecule has 5 rings (SSSR count). The molecule has 12 heteroatoms. The number of hydrogen-bond donors (Lipinski definition) is 2. The van der Waals surface area contributed by atoms with E-state index in [-0.39, 0.29) is 36.9 Å². The lowest BCUT2D eigenvalue weighted by Gasteiger charge is -2.39. The Morgan fingerprint density at radius 2 is 1.86 bits per heavy atom. The maximum absolute atomic E-state index is 14.9. The van der Waals surface area contributed by atoms with Crippen LogP contribution in [0.1, 0.15) is 51.1 Å². The van der Waals surface area contributed by atoms with Crippen molar-refractivity contribution in [2.45, 2.75) is 74.2 Å². The molecule has 2 aromatic rings. The van der Waals surface area contributed by atoms with Gasteiger partial charge in [-0.15, -0.1) is 13.2 Å². The molecule has 2 bridgehead atoms. The number of fused-ring (bicyclic) bond motifs is 1. The number of halogens is 2. The van der Waals surface area contributed by atoms with Crippen LogP contribution in [0.15, 0.2) is 79.9 Å². The Morgan fingerprint density at radius 1 is 1.16 bits per heavy atom. The van der Waals surface area contributed by atoms with Crippen LogP contribution in [0.25, 0.3) is 0 Å². The Labute approximate surface area is 306 Å². The van der Waals surface area contributed by atoms with Crippen molar-refractivity contribution in [3.8, 4) is 0 Å². The van der Waals surface area contributed by atoms with Crippen LogP contribution in [0.5, 0.6) is 0 Å². The third kappa shape index (κ3) is 7.42. The first-order chi connectivity index (χ1) is 24.0. The summed E-state index contributed by atoms with van der Waals surface area (Å²) in [7, 11) is 0. The van der Waals surface area contributed by atoms with Gasteiger partial charge in [-0.3, -0.25) is 19.2 Å². The minimum Gasteiger partial charge on any atom is -0.463 e. The number of alkyl halides is 1.